The first-order valence-electron chi connectivity index (χ1n) is 8.99. The lowest BCUT2D eigenvalue weighted by atomic mass is 9.98. The molecule has 0 bridgehead atoms. The summed E-state index contributed by atoms with van der Waals surface area (Å²) in [7, 11) is 0. The van der Waals surface area contributed by atoms with Crippen LogP contribution in [0.1, 0.15) is 11.6 Å². The van der Waals surface area contributed by atoms with Gasteiger partial charge in [0.1, 0.15) is 6.61 Å². The Morgan fingerprint density at radius 1 is 1.04 bits per heavy atom. The fourth-order valence-corrected chi connectivity index (χ4v) is 3.45. The quantitative estimate of drug-likeness (QED) is 0.844. The first-order valence-corrected chi connectivity index (χ1v) is 8.99. The van der Waals surface area contributed by atoms with Crippen molar-refractivity contribution < 1.29 is 14.3 Å². The number of ether oxygens (including phenoxy) is 1. The average Bonchev–Trinajstić information content (AvgIpc) is 2.74. The summed E-state index contributed by atoms with van der Waals surface area (Å²) in [5.74, 6) is 0.365. The highest BCUT2D eigenvalue weighted by Gasteiger charge is 2.39. The van der Waals surface area contributed by atoms with Crippen LogP contribution in [0.3, 0.4) is 0 Å². The Morgan fingerprint density at radius 3 is 2.44 bits per heavy atom. The summed E-state index contributed by atoms with van der Waals surface area (Å²) in [4.78, 5) is 37.3. The molecule has 1 aromatic heterocycles. The van der Waals surface area contributed by atoms with Gasteiger partial charge in [-0.3, -0.25) is 9.59 Å². The van der Waals surface area contributed by atoms with Gasteiger partial charge in [0.25, 0.3) is 5.91 Å². The Bertz CT molecular complexity index is 794. The van der Waals surface area contributed by atoms with Crippen molar-refractivity contribution in [3.8, 4) is 0 Å². The van der Waals surface area contributed by atoms with Crippen molar-refractivity contribution in [3.63, 3.8) is 0 Å². The third-order valence-electron chi connectivity index (χ3n) is 4.84. The molecule has 0 unspecified atom stereocenters. The Balaban J connectivity index is 1.44. The third kappa shape index (κ3) is 3.75. The van der Waals surface area contributed by atoms with Gasteiger partial charge in [0.15, 0.2) is 6.10 Å². The number of hydrogen-bond acceptors (Lipinski definition) is 6. The molecule has 3 heterocycles. The fourth-order valence-electron chi connectivity index (χ4n) is 3.45. The van der Waals surface area contributed by atoms with E-state index in [0.717, 1.165) is 5.56 Å². The minimum atomic E-state index is -0.718. The molecule has 27 heavy (non-hydrogen) atoms. The molecule has 8 nitrogen and oxygen atoms in total. The predicted molar refractivity (Wildman–Crippen MR) is 97.9 cm³/mol. The smallest absolute Gasteiger partial charge is 0.254 e. The normalized spacial score (nSPS) is 23.0. The van der Waals surface area contributed by atoms with Gasteiger partial charge >= 0.3 is 0 Å². The number of aromatic nitrogens is 2. The van der Waals surface area contributed by atoms with Crippen LogP contribution < -0.4 is 10.2 Å². The van der Waals surface area contributed by atoms with Gasteiger partial charge in [-0.1, -0.05) is 30.3 Å². The van der Waals surface area contributed by atoms with Crippen molar-refractivity contribution in [2.45, 2.75) is 12.1 Å². The van der Waals surface area contributed by atoms with E-state index in [2.05, 4.69) is 20.2 Å². The van der Waals surface area contributed by atoms with Crippen molar-refractivity contribution in [1.82, 2.24) is 20.2 Å². The van der Waals surface area contributed by atoms with Crippen molar-refractivity contribution in [2.24, 2.45) is 0 Å². The van der Waals surface area contributed by atoms with E-state index >= 15 is 0 Å². The number of carbonyl (C=O) groups is 2. The summed E-state index contributed by atoms with van der Waals surface area (Å²) in [5.41, 5.74) is 0.861. The van der Waals surface area contributed by atoms with Crippen LogP contribution in [0.25, 0.3) is 0 Å². The molecular formula is C19H21N5O3. The van der Waals surface area contributed by atoms with Crippen molar-refractivity contribution in [1.29, 1.82) is 0 Å². The highest BCUT2D eigenvalue weighted by Crippen LogP contribution is 2.24. The molecular weight excluding hydrogens is 346 g/mol. The standard InChI is InChI=1S/C19H21N5O3/c25-15-13-27-17(16(22-15)14-5-2-1-3-6-14)18(26)23-9-11-24(12-10-23)19-20-7-4-8-21-19/h1-8,16-17H,9-13H2,(H,22,25)/t16-,17+/m1/s1. The van der Waals surface area contributed by atoms with Gasteiger partial charge < -0.3 is 19.9 Å². The van der Waals surface area contributed by atoms with E-state index in [9.17, 15) is 9.59 Å². The van der Waals surface area contributed by atoms with Crippen molar-refractivity contribution in [2.75, 3.05) is 37.7 Å². The summed E-state index contributed by atoms with van der Waals surface area (Å²) in [6.07, 6.45) is 2.70. The van der Waals surface area contributed by atoms with Gasteiger partial charge in [-0.15, -0.1) is 0 Å². The van der Waals surface area contributed by atoms with Crippen LogP contribution in [0.4, 0.5) is 5.95 Å². The number of anilines is 1. The van der Waals surface area contributed by atoms with E-state index in [1.54, 1.807) is 23.4 Å². The van der Waals surface area contributed by atoms with E-state index in [4.69, 9.17) is 4.74 Å². The Morgan fingerprint density at radius 2 is 1.74 bits per heavy atom. The van der Waals surface area contributed by atoms with Gasteiger partial charge in [-0.05, 0) is 11.6 Å². The van der Waals surface area contributed by atoms with Gasteiger partial charge in [0, 0.05) is 38.6 Å². The zero-order valence-corrected chi connectivity index (χ0v) is 14.8. The monoisotopic (exact) mass is 367 g/mol. The van der Waals surface area contributed by atoms with Crippen molar-refractivity contribution >= 4 is 17.8 Å². The molecule has 2 amide bonds. The molecule has 2 saturated heterocycles. The summed E-state index contributed by atoms with van der Waals surface area (Å²) >= 11 is 0. The molecule has 0 spiro atoms. The molecule has 140 valence electrons. The minimum Gasteiger partial charge on any atom is -0.356 e. The minimum absolute atomic E-state index is 0.0996. The number of carbonyl (C=O) groups excluding carboxylic acids is 2. The number of nitrogens with one attached hydrogen (secondary N) is 1. The van der Waals surface area contributed by atoms with Crippen LogP contribution in [0.5, 0.6) is 0 Å². The number of amides is 2. The summed E-state index contributed by atoms with van der Waals surface area (Å²) < 4.78 is 5.64. The molecule has 2 atom stereocenters. The molecule has 1 N–H and O–H groups in total. The lowest BCUT2D eigenvalue weighted by Crippen LogP contribution is -2.57. The molecule has 4 rings (SSSR count). The summed E-state index contributed by atoms with van der Waals surface area (Å²) in [5, 5.41) is 2.90. The number of benzene rings is 1. The van der Waals surface area contributed by atoms with Gasteiger partial charge in [0.05, 0.1) is 6.04 Å². The third-order valence-corrected chi connectivity index (χ3v) is 4.84. The lowest BCUT2D eigenvalue weighted by Gasteiger charge is -2.39. The molecule has 2 aliphatic heterocycles. The second-order valence-electron chi connectivity index (χ2n) is 6.55. The molecule has 8 heteroatoms. The van der Waals surface area contributed by atoms with Crippen LogP contribution in [0, 0.1) is 0 Å². The van der Waals surface area contributed by atoms with E-state index in [0.29, 0.717) is 32.1 Å². The largest absolute Gasteiger partial charge is 0.356 e. The lowest BCUT2D eigenvalue weighted by molar-refractivity contribution is -0.155. The van der Waals surface area contributed by atoms with Gasteiger partial charge in [-0.25, -0.2) is 9.97 Å². The molecule has 1 aromatic carbocycles. The first-order chi connectivity index (χ1) is 13.2. The maximum Gasteiger partial charge on any atom is 0.254 e. The van der Waals surface area contributed by atoms with Crippen LogP contribution >= 0.6 is 0 Å². The molecule has 2 aromatic rings. The zero-order valence-electron chi connectivity index (χ0n) is 14.8. The molecule has 0 saturated carbocycles. The number of morpholine rings is 1. The van der Waals surface area contributed by atoms with E-state index in [-0.39, 0.29) is 18.4 Å². The Kier molecular flexibility index (Phi) is 4.97. The van der Waals surface area contributed by atoms with Crippen molar-refractivity contribution in [3.05, 3.63) is 54.4 Å². The number of rotatable bonds is 3. The molecule has 0 radical (unpaired) electrons. The highest BCUT2D eigenvalue weighted by molar-refractivity contribution is 5.86. The first kappa shape index (κ1) is 17.4. The summed E-state index contributed by atoms with van der Waals surface area (Å²) in [6.45, 7) is 2.34. The molecule has 2 aliphatic rings. The number of piperazine rings is 1. The maximum absolute atomic E-state index is 13.1. The fraction of sp³-hybridized carbons (Fsp3) is 0.368. The average molecular weight is 367 g/mol. The zero-order chi connectivity index (χ0) is 18.6. The van der Waals surface area contributed by atoms with E-state index < -0.39 is 12.1 Å². The number of hydrogen-bond donors (Lipinski definition) is 1. The second-order valence-corrected chi connectivity index (χ2v) is 6.55. The SMILES string of the molecule is O=C1CO[C@H](C(=O)N2CCN(c3ncccn3)CC2)[C@@H](c2ccccc2)N1. The molecule has 0 aliphatic carbocycles. The van der Waals surface area contributed by atoms with Gasteiger partial charge in [-0.2, -0.15) is 0 Å². The van der Waals surface area contributed by atoms with Gasteiger partial charge in [0.2, 0.25) is 11.9 Å². The predicted octanol–water partition coefficient (Wildman–Crippen LogP) is 0.382. The number of nitrogens with zero attached hydrogens (tertiary/aromatic N) is 4. The van der Waals surface area contributed by atoms with Crippen LogP contribution in [0.15, 0.2) is 48.8 Å². The van der Waals surface area contributed by atoms with E-state index in [1.165, 1.54) is 0 Å². The van der Waals surface area contributed by atoms with E-state index in [1.807, 2.05) is 30.3 Å². The topological polar surface area (TPSA) is 87.7 Å². The second kappa shape index (κ2) is 7.71. The Hall–Kier alpha value is -3.00. The van der Waals surface area contributed by atoms with Crippen LogP contribution in [-0.4, -0.2) is 65.6 Å². The molecule has 2 fully saturated rings. The summed E-state index contributed by atoms with van der Waals surface area (Å²) in [6, 6.07) is 10.8. The highest BCUT2D eigenvalue weighted by atomic mass is 16.5. The van der Waals surface area contributed by atoms with Crippen LogP contribution in [-0.2, 0) is 14.3 Å². The van der Waals surface area contributed by atoms with Crippen LogP contribution in [0.2, 0.25) is 0 Å². The maximum atomic E-state index is 13.1. The Labute approximate surface area is 157 Å².